The van der Waals surface area contributed by atoms with Crippen LogP contribution in [0, 0.1) is 6.92 Å². The van der Waals surface area contributed by atoms with Crippen LogP contribution in [0.25, 0.3) is 0 Å². The fourth-order valence-electron chi connectivity index (χ4n) is 2.36. The van der Waals surface area contributed by atoms with E-state index < -0.39 is 0 Å². The molecule has 1 aliphatic rings. The van der Waals surface area contributed by atoms with E-state index in [9.17, 15) is 0 Å². The van der Waals surface area contributed by atoms with Crippen molar-refractivity contribution in [2.24, 2.45) is 0 Å². The Morgan fingerprint density at radius 3 is 2.25 bits per heavy atom. The van der Waals surface area contributed by atoms with E-state index in [2.05, 4.69) is 57.2 Å². The molecule has 1 unspecified atom stereocenters. The number of likely N-dealkylation sites (N-methyl/N-ethyl adjacent to an activating group) is 1. The van der Waals surface area contributed by atoms with Crippen molar-refractivity contribution in [3.63, 3.8) is 0 Å². The zero-order valence-corrected chi connectivity index (χ0v) is 10.9. The highest BCUT2D eigenvalue weighted by atomic mass is 15.4. The molecule has 2 heteroatoms. The third kappa shape index (κ3) is 2.38. The summed E-state index contributed by atoms with van der Waals surface area (Å²) in [6, 6.07) is 9.66. The highest BCUT2D eigenvalue weighted by Gasteiger charge is 2.32. The number of nitrogens with zero attached hydrogens (tertiary/aromatic N) is 2. The third-order valence-corrected chi connectivity index (χ3v) is 3.66. The monoisotopic (exact) mass is 219 g/mol. The number of anilines is 1. The van der Waals surface area contributed by atoms with Crippen molar-refractivity contribution in [3.8, 4) is 0 Å². The Hall–Kier alpha value is -1.02. The number of hydrogen-bond donors (Lipinski definition) is 0. The molecule has 0 radical (unpaired) electrons. The third-order valence-electron chi connectivity index (χ3n) is 3.66. The molecule has 1 aromatic rings. The van der Waals surface area contributed by atoms with Gasteiger partial charge in [0, 0.05) is 18.7 Å². The van der Waals surface area contributed by atoms with E-state index >= 15 is 0 Å². The Bertz CT molecular complexity index is 348. The van der Waals surface area contributed by atoms with Crippen LogP contribution in [0.3, 0.4) is 0 Å². The molecule has 0 amide bonds. The molecule has 1 atom stereocenters. The van der Waals surface area contributed by atoms with Gasteiger partial charge in [-0.25, -0.2) is 0 Å². The molecule has 88 valence electrons. The summed E-state index contributed by atoms with van der Waals surface area (Å²) in [4.78, 5) is 2.51. The fourth-order valence-corrected chi connectivity index (χ4v) is 2.36. The summed E-state index contributed by atoms with van der Waals surface area (Å²) >= 11 is 0. The van der Waals surface area contributed by atoms with Crippen molar-refractivity contribution in [3.05, 3.63) is 29.8 Å². The smallest absolute Gasteiger partial charge is 0.108 e. The van der Waals surface area contributed by atoms with E-state index in [-0.39, 0.29) is 0 Å². The van der Waals surface area contributed by atoms with Crippen LogP contribution < -0.4 is 4.90 Å². The van der Waals surface area contributed by atoms with Crippen LogP contribution in [0.1, 0.15) is 12.0 Å². The Balaban J connectivity index is 2.06. The minimum atomic E-state index is 0.765. The van der Waals surface area contributed by atoms with E-state index in [1.807, 2.05) is 0 Å². The van der Waals surface area contributed by atoms with E-state index in [4.69, 9.17) is 0 Å². The van der Waals surface area contributed by atoms with Gasteiger partial charge in [0.1, 0.15) is 6.04 Å². The van der Waals surface area contributed by atoms with Gasteiger partial charge in [-0.2, -0.15) is 0 Å². The van der Waals surface area contributed by atoms with Crippen LogP contribution in [-0.4, -0.2) is 44.8 Å². The molecular formula is C14H23N2+. The van der Waals surface area contributed by atoms with Gasteiger partial charge in [-0.05, 0) is 19.1 Å². The summed E-state index contributed by atoms with van der Waals surface area (Å²) in [5.74, 6) is 0. The van der Waals surface area contributed by atoms with Crippen LogP contribution in [0.2, 0.25) is 0 Å². The number of benzene rings is 1. The molecule has 2 rings (SSSR count). The molecule has 1 aromatic carbocycles. The minimum Gasteiger partial charge on any atom is -0.365 e. The Morgan fingerprint density at radius 2 is 1.75 bits per heavy atom. The molecular weight excluding hydrogens is 196 g/mol. The number of hydrogen-bond acceptors (Lipinski definition) is 1. The van der Waals surface area contributed by atoms with Crippen molar-refractivity contribution < 1.29 is 4.48 Å². The standard InChI is InChI=1S/C14H23N2/c1-12-5-7-13(8-6-12)15-10-9-14(11-15)16(2,3)4/h5-8,14H,9-11H2,1-4H3/q+1. The molecule has 1 aliphatic heterocycles. The first-order valence-electron chi connectivity index (χ1n) is 6.09. The maximum atomic E-state index is 2.51. The van der Waals surface area contributed by atoms with Crippen LogP contribution >= 0.6 is 0 Å². The largest absolute Gasteiger partial charge is 0.365 e. The summed E-state index contributed by atoms with van der Waals surface area (Å²) in [6.45, 7) is 4.53. The van der Waals surface area contributed by atoms with Crippen LogP contribution in [0.5, 0.6) is 0 Å². The van der Waals surface area contributed by atoms with E-state index in [0.717, 1.165) is 10.5 Å². The van der Waals surface area contributed by atoms with E-state index in [1.165, 1.54) is 30.8 Å². The SMILES string of the molecule is Cc1ccc(N2CCC([N+](C)(C)C)C2)cc1. The van der Waals surface area contributed by atoms with Crippen molar-refractivity contribution >= 4 is 5.69 Å². The summed E-state index contributed by atoms with van der Waals surface area (Å²) < 4.78 is 1.07. The Labute approximate surface area is 99.1 Å². The average molecular weight is 219 g/mol. The molecule has 0 aromatic heterocycles. The lowest BCUT2D eigenvalue weighted by molar-refractivity contribution is -0.893. The lowest BCUT2D eigenvalue weighted by Gasteiger charge is -2.31. The van der Waals surface area contributed by atoms with Gasteiger partial charge >= 0.3 is 0 Å². The van der Waals surface area contributed by atoms with Crippen LogP contribution in [-0.2, 0) is 0 Å². The highest BCUT2D eigenvalue weighted by molar-refractivity contribution is 5.48. The maximum absolute atomic E-state index is 2.51. The van der Waals surface area contributed by atoms with Gasteiger partial charge < -0.3 is 9.38 Å². The summed E-state index contributed by atoms with van der Waals surface area (Å²) in [6.07, 6.45) is 1.30. The van der Waals surface area contributed by atoms with Gasteiger partial charge in [0.2, 0.25) is 0 Å². The molecule has 1 heterocycles. The molecule has 1 fully saturated rings. The first-order chi connectivity index (χ1) is 7.47. The molecule has 0 saturated carbocycles. The van der Waals surface area contributed by atoms with E-state index in [0.29, 0.717) is 0 Å². The second-order valence-electron chi connectivity index (χ2n) is 5.84. The van der Waals surface area contributed by atoms with Crippen molar-refractivity contribution in [2.75, 3.05) is 39.1 Å². The lowest BCUT2D eigenvalue weighted by Crippen LogP contribution is -2.46. The van der Waals surface area contributed by atoms with Gasteiger partial charge in [-0.1, -0.05) is 17.7 Å². The average Bonchev–Trinajstić information content (AvgIpc) is 2.67. The summed E-state index contributed by atoms with van der Waals surface area (Å²) in [7, 11) is 6.88. The van der Waals surface area contributed by atoms with Gasteiger partial charge in [0.25, 0.3) is 0 Å². The highest BCUT2D eigenvalue weighted by Crippen LogP contribution is 2.24. The molecule has 2 nitrogen and oxygen atoms in total. The number of quaternary nitrogens is 1. The molecule has 0 N–H and O–H groups in total. The fraction of sp³-hybridized carbons (Fsp3) is 0.571. The van der Waals surface area contributed by atoms with Crippen molar-refractivity contribution in [1.29, 1.82) is 0 Å². The lowest BCUT2D eigenvalue weighted by atomic mass is 10.2. The molecule has 0 aliphatic carbocycles. The zero-order valence-electron chi connectivity index (χ0n) is 10.9. The predicted molar refractivity (Wildman–Crippen MR) is 69.8 cm³/mol. The second kappa shape index (κ2) is 4.10. The van der Waals surface area contributed by atoms with Gasteiger partial charge in [0.05, 0.1) is 27.7 Å². The predicted octanol–water partition coefficient (Wildman–Crippen LogP) is 2.28. The van der Waals surface area contributed by atoms with Gasteiger partial charge in [-0.3, -0.25) is 0 Å². The zero-order chi connectivity index (χ0) is 11.8. The van der Waals surface area contributed by atoms with Gasteiger partial charge in [0.15, 0.2) is 0 Å². The number of rotatable bonds is 2. The second-order valence-corrected chi connectivity index (χ2v) is 5.84. The Kier molecular flexibility index (Phi) is 2.94. The van der Waals surface area contributed by atoms with Crippen LogP contribution in [0.15, 0.2) is 24.3 Å². The first kappa shape index (κ1) is 11.5. The minimum absolute atomic E-state index is 0.765. The normalized spacial score (nSPS) is 21.5. The topological polar surface area (TPSA) is 3.24 Å². The molecule has 16 heavy (non-hydrogen) atoms. The quantitative estimate of drug-likeness (QED) is 0.690. The summed E-state index contributed by atoms with van der Waals surface area (Å²) in [5, 5.41) is 0. The van der Waals surface area contributed by atoms with Crippen LogP contribution in [0.4, 0.5) is 5.69 Å². The summed E-state index contributed by atoms with van der Waals surface area (Å²) in [5.41, 5.74) is 2.72. The van der Waals surface area contributed by atoms with E-state index in [1.54, 1.807) is 0 Å². The molecule has 1 saturated heterocycles. The van der Waals surface area contributed by atoms with Gasteiger partial charge in [-0.15, -0.1) is 0 Å². The van der Waals surface area contributed by atoms with Crippen molar-refractivity contribution in [2.45, 2.75) is 19.4 Å². The van der Waals surface area contributed by atoms with Crippen molar-refractivity contribution in [1.82, 2.24) is 0 Å². The molecule has 0 spiro atoms. The maximum Gasteiger partial charge on any atom is 0.108 e. The number of aryl methyl sites for hydroxylation is 1. The Morgan fingerprint density at radius 1 is 1.12 bits per heavy atom. The first-order valence-corrected chi connectivity index (χ1v) is 6.09. The molecule has 0 bridgehead atoms.